The molecule has 0 fully saturated rings. The third kappa shape index (κ3) is 2.26. The van der Waals surface area contributed by atoms with Crippen molar-refractivity contribution in [3.63, 3.8) is 0 Å². The first-order valence-corrected chi connectivity index (χ1v) is 4.87. The molecule has 0 aliphatic heterocycles. The van der Waals surface area contributed by atoms with Gasteiger partial charge >= 0.3 is 0 Å². The quantitative estimate of drug-likeness (QED) is 0.720. The number of rotatable bonds is 1. The first-order valence-electron chi connectivity index (χ1n) is 4.87. The van der Waals surface area contributed by atoms with Crippen LogP contribution in [-0.2, 0) is 0 Å². The topological polar surface area (TPSA) is 46.2 Å². The van der Waals surface area contributed by atoms with E-state index in [2.05, 4.69) is 20.8 Å². The lowest BCUT2D eigenvalue weighted by atomic mass is 9.82. The molecule has 0 saturated heterocycles. The molecule has 2 heteroatoms. The van der Waals surface area contributed by atoms with E-state index in [1.54, 1.807) is 6.07 Å². The summed E-state index contributed by atoms with van der Waals surface area (Å²) in [4.78, 5) is 0. The molecule has 14 heavy (non-hydrogen) atoms. The molecule has 0 aliphatic carbocycles. The second kappa shape index (κ2) is 3.62. The molecule has 0 heterocycles. The minimum atomic E-state index is -0.136. The van der Waals surface area contributed by atoms with E-state index in [4.69, 9.17) is 5.73 Å². The standard InChI is InChI=1S/C12H19NO/c1-8-5-6-9(10(14)7-8)11(13)12(2,3)4/h5-7,11,14H,13H2,1-4H3/t11-/m0/s1. The van der Waals surface area contributed by atoms with Gasteiger partial charge in [-0.05, 0) is 24.0 Å². The van der Waals surface area contributed by atoms with E-state index in [1.165, 1.54) is 0 Å². The summed E-state index contributed by atoms with van der Waals surface area (Å²) < 4.78 is 0. The van der Waals surface area contributed by atoms with E-state index in [-0.39, 0.29) is 11.5 Å². The van der Waals surface area contributed by atoms with Gasteiger partial charge in [-0.1, -0.05) is 32.9 Å². The minimum absolute atomic E-state index is 0.0350. The van der Waals surface area contributed by atoms with Crippen molar-refractivity contribution in [2.24, 2.45) is 11.1 Å². The Bertz CT molecular complexity index is 326. The van der Waals surface area contributed by atoms with Crippen LogP contribution in [0.3, 0.4) is 0 Å². The van der Waals surface area contributed by atoms with E-state index in [1.807, 2.05) is 19.1 Å². The van der Waals surface area contributed by atoms with E-state index >= 15 is 0 Å². The number of hydrogen-bond donors (Lipinski definition) is 2. The molecule has 0 unspecified atom stereocenters. The first-order chi connectivity index (χ1) is 6.32. The third-order valence-electron chi connectivity index (χ3n) is 2.45. The van der Waals surface area contributed by atoms with Crippen LogP contribution in [0.25, 0.3) is 0 Å². The van der Waals surface area contributed by atoms with Crippen LogP contribution in [0.4, 0.5) is 0 Å². The van der Waals surface area contributed by atoms with E-state index in [0.717, 1.165) is 11.1 Å². The fourth-order valence-electron chi connectivity index (χ4n) is 1.38. The van der Waals surface area contributed by atoms with Crippen LogP contribution in [0.15, 0.2) is 18.2 Å². The summed E-state index contributed by atoms with van der Waals surface area (Å²) in [5.41, 5.74) is 7.90. The van der Waals surface area contributed by atoms with Gasteiger partial charge in [0.15, 0.2) is 0 Å². The summed E-state index contributed by atoms with van der Waals surface area (Å²) in [5.74, 6) is 0.299. The summed E-state index contributed by atoms with van der Waals surface area (Å²) in [7, 11) is 0. The Kier molecular flexibility index (Phi) is 2.86. The van der Waals surface area contributed by atoms with Crippen molar-refractivity contribution >= 4 is 0 Å². The monoisotopic (exact) mass is 193 g/mol. The highest BCUT2D eigenvalue weighted by Gasteiger charge is 2.24. The maximum Gasteiger partial charge on any atom is 0.120 e. The summed E-state index contributed by atoms with van der Waals surface area (Å²) in [6, 6.07) is 5.49. The van der Waals surface area contributed by atoms with Gasteiger partial charge in [-0.15, -0.1) is 0 Å². The molecule has 0 amide bonds. The second-order valence-corrected chi connectivity index (χ2v) is 4.91. The zero-order valence-electron chi connectivity index (χ0n) is 9.33. The Morgan fingerprint density at radius 1 is 1.29 bits per heavy atom. The highest BCUT2D eigenvalue weighted by Crippen LogP contribution is 2.35. The SMILES string of the molecule is Cc1ccc([C@H](N)C(C)(C)C)c(O)c1. The Hall–Kier alpha value is -1.02. The zero-order valence-corrected chi connectivity index (χ0v) is 9.33. The molecule has 1 aromatic rings. The molecule has 78 valence electrons. The molecule has 1 atom stereocenters. The highest BCUT2D eigenvalue weighted by atomic mass is 16.3. The summed E-state index contributed by atoms with van der Waals surface area (Å²) in [6.07, 6.45) is 0. The van der Waals surface area contributed by atoms with Gasteiger partial charge in [0.05, 0.1) is 0 Å². The van der Waals surface area contributed by atoms with Crippen LogP contribution < -0.4 is 5.73 Å². The Balaban J connectivity index is 3.08. The molecule has 1 rings (SSSR count). The van der Waals surface area contributed by atoms with Crippen LogP contribution in [0.5, 0.6) is 5.75 Å². The third-order valence-corrected chi connectivity index (χ3v) is 2.45. The molecule has 0 saturated carbocycles. The zero-order chi connectivity index (χ0) is 10.9. The van der Waals surface area contributed by atoms with Crippen molar-refractivity contribution in [3.05, 3.63) is 29.3 Å². The van der Waals surface area contributed by atoms with E-state index in [9.17, 15) is 5.11 Å². The maximum absolute atomic E-state index is 9.75. The molecule has 0 aromatic heterocycles. The predicted octanol–water partition coefficient (Wildman–Crippen LogP) is 2.75. The number of benzene rings is 1. The molecular formula is C12H19NO. The number of nitrogens with two attached hydrogens (primary N) is 1. The van der Waals surface area contributed by atoms with E-state index < -0.39 is 0 Å². The van der Waals surface area contributed by atoms with E-state index in [0.29, 0.717) is 5.75 Å². The second-order valence-electron chi connectivity index (χ2n) is 4.91. The molecule has 3 N–H and O–H groups in total. The lowest BCUT2D eigenvalue weighted by molar-refractivity contribution is 0.317. The van der Waals surface area contributed by atoms with Gasteiger partial charge < -0.3 is 10.8 Å². The molecule has 0 radical (unpaired) electrons. The van der Waals surface area contributed by atoms with Crippen molar-refractivity contribution in [2.75, 3.05) is 0 Å². The molecule has 0 bridgehead atoms. The van der Waals surface area contributed by atoms with Crippen LogP contribution in [0.1, 0.15) is 37.9 Å². The van der Waals surface area contributed by atoms with Crippen molar-refractivity contribution < 1.29 is 5.11 Å². The smallest absolute Gasteiger partial charge is 0.120 e. The minimum Gasteiger partial charge on any atom is -0.508 e. The average molecular weight is 193 g/mol. The van der Waals surface area contributed by atoms with Crippen LogP contribution in [0.2, 0.25) is 0 Å². The number of aryl methyl sites for hydroxylation is 1. The molecule has 2 nitrogen and oxygen atoms in total. The Morgan fingerprint density at radius 3 is 2.29 bits per heavy atom. The van der Waals surface area contributed by atoms with Crippen LogP contribution in [0, 0.1) is 12.3 Å². The fraction of sp³-hybridized carbons (Fsp3) is 0.500. The van der Waals surface area contributed by atoms with Gasteiger partial charge in [0, 0.05) is 11.6 Å². The average Bonchev–Trinajstić information content (AvgIpc) is 2.01. The van der Waals surface area contributed by atoms with Crippen molar-refractivity contribution in [3.8, 4) is 5.75 Å². The summed E-state index contributed by atoms with van der Waals surface area (Å²) >= 11 is 0. The van der Waals surface area contributed by atoms with Gasteiger partial charge in [0.1, 0.15) is 5.75 Å². The van der Waals surface area contributed by atoms with Gasteiger partial charge in [0.25, 0.3) is 0 Å². The van der Waals surface area contributed by atoms with Crippen LogP contribution in [-0.4, -0.2) is 5.11 Å². The lowest BCUT2D eigenvalue weighted by Gasteiger charge is -2.28. The molecule has 0 aliphatic rings. The molecule has 1 aromatic carbocycles. The van der Waals surface area contributed by atoms with Crippen molar-refractivity contribution in [1.29, 1.82) is 0 Å². The number of aromatic hydroxyl groups is 1. The first kappa shape index (κ1) is 11.1. The predicted molar refractivity (Wildman–Crippen MR) is 59.2 cm³/mol. The molecular weight excluding hydrogens is 174 g/mol. The van der Waals surface area contributed by atoms with Crippen LogP contribution >= 0.6 is 0 Å². The lowest BCUT2D eigenvalue weighted by Crippen LogP contribution is -2.26. The maximum atomic E-state index is 9.75. The van der Waals surface area contributed by atoms with Crippen molar-refractivity contribution in [2.45, 2.75) is 33.7 Å². The number of hydrogen-bond acceptors (Lipinski definition) is 2. The number of phenols is 1. The number of phenolic OH excluding ortho intramolecular Hbond substituents is 1. The normalized spacial score (nSPS) is 14.1. The van der Waals surface area contributed by atoms with Crippen molar-refractivity contribution in [1.82, 2.24) is 0 Å². The van der Waals surface area contributed by atoms with Gasteiger partial charge in [-0.25, -0.2) is 0 Å². The Morgan fingerprint density at radius 2 is 1.86 bits per heavy atom. The molecule has 0 spiro atoms. The fourth-order valence-corrected chi connectivity index (χ4v) is 1.38. The van der Waals surface area contributed by atoms with Gasteiger partial charge in [-0.3, -0.25) is 0 Å². The van der Waals surface area contributed by atoms with Gasteiger partial charge in [0.2, 0.25) is 0 Å². The Labute approximate surface area is 85.8 Å². The highest BCUT2D eigenvalue weighted by molar-refractivity contribution is 5.38. The summed E-state index contributed by atoms with van der Waals surface area (Å²) in [5, 5.41) is 9.75. The summed E-state index contributed by atoms with van der Waals surface area (Å²) in [6.45, 7) is 8.15. The van der Waals surface area contributed by atoms with Gasteiger partial charge in [-0.2, -0.15) is 0 Å². The largest absolute Gasteiger partial charge is 0.508 e.